The molecule has 23 heavy (non-hydrogen) atoms. The molecule has 1 saturated carbocycles. The Kier molecular flexibility index (Phi) is 5.59. The van der Waals surface area contributed by atoms with Gasteiger partial charge in [-0.1, -0.05) is 41.5 Å². The quantitative estimate of drug-likeness (QED) is 0.813. The third kappa shape index (κ3) is 3.65. The van der Waals surface area contributed by atoms with Gasteiger partial charge in [0.1, 0.15) is 6.33 Å². The lowest BCUT2D eigenvalue weighted by atomic mass is 9.65. The van der Waals surface area contributed by atoms with Crippen LogP contribution in [0.2, 0.25) is 0 Å². The molecule has 0 radical (unpaired) electrons. The van der Waals surface area contributed by atoms with E-state index in [1.807, 2.05) is 0 Å². The molecule has 0 N–H and O–H groups in total. The Morgan fingerprint density at radius 1 is 0.957 bits per heavy atom. The minimum atomic E-state index is -3.40. The third-order valence-corrected chi connectivity index (χ3v) is 7.96. The van der Waals surface area contributed by atoms with Crippen molar-refractivity contribution in [3.05, 3.63) is 18.7 Å². The summed E-state index contributed by atoms with van der Waals surface area (Å²) in [7, 11) is -3.40. The van der Waals surface area contributed by atoms with E-state index in [9.17, 15) is 8.42 Å². The number of rotatable bonds is 5. The lowest BCUT2D eigenvalue weighted by Gasteiger charge is -2.46. The summed E-state index contributed by atoms with van der Waals surface area (Å²) in [4.78, 5) is 3.95. The van der Waals surface area contributed by atoms with Crippen LogP contribution in [0, 0.1) is 35.5 Å². The molecule has 2 unspecified atom stereocenters. The van der Waals surface area contributed by atoms with Crippen LogP contribution in [0.3, 0.4) is 0 Å². The molecule has 1 aromatic heterocycles. The molecule has 0 saturated heterocycles. The van der Waals surface area contributed by atoms with Crippen molar-refractivity contribution < 1.29 is 8.42 Å². The minimum absolute atomic E-state index is 0.205. The number of nitrogens with zero attached hydrogens (tertiary/aromatic N) is 2. The zero-order chi connectivity index (χ0) is 17.4. The Hall–Kier alpha value is -0.840. The van der Waals surface area contributed by atoms with Gasteiger partial charge in [-0.2, -0.15) is 0 Å². The summed E-state index contributed by atoms with van der Waals surface area (Å²) in [5, 5.41) is -0.313. The fraction of sp³-hybridized carbons (Fsp3) is 0.833. The van der Waals surface area contributed by atoms with E-state index in [1.165, 1.54) is 10.3 Å². The molecule has 5 heteroatoms. The highest BCUT2D eigenvalue weighted by atomic mass is 32.2. The SMILES string of the molecule is CC(C)C1CC(C(C)C)C(S(=O)(=O)n2ccnc2)C(C(C)C)C1. The zero-order valence-corrected chi connectivity index (χ0v) is 16.1. The lowest BCUT2D eigenvalue weighted by molar-refractivity contribution is 0.106. The van der Waals surface area contributed by atoms with Crippen LogP contribution in [-0.2, 0) is 10.0 Å². The normalized spacial score (nSPS) is 29.6. The number of imidazole rings is 1. The van der Waals surface area contributed by atoms with Gasteiger partial charge in [-0.15, -0.1) is 0 Å². The number of hydrogen-bond acceptors (Lipinski definition) is 3. The van der Waals surface area contributed by atoms with Crippen molar-refractivity contribution in [2.24, 2.45) is 35.5 Å². The summed E-state index contributed by atoms with van der Waals surface area (Å²) in [6, 6.07) is 0. The van der Waals surface area contributed by atoms with Crippen LogP contribution < -0.4 is 0 Å². The highest BCUT2D eigenvalue weighted by molar-refractivity contribution is 7.90. The van der Waals surface area contributed by atoms with Gasteiger partial charge in [0.05, 0.1) is 5.25 Å². The molecular weight excluding hydrogens is 308 g/mol. The van der Waals surface area contributed by atoms with Crippen molar-refractivity contribution in [1.82, 2.24) is 8.96 Å². The lowest BCUT2D eigenvalue weighted by Crippen LogP contribution is -2.49. The highest BCUT2D eigenvalue weighted by Gasteiger charge is 2.48. The van der Waals surface area contributed by atoms with Crippen molar-refractivity contribution in [3.8, 4) is 0 Å². The van der Waals surface area contributed by atoms with E-state index in [2.05, 4.69) is 46.5 Å². The molecule has 2 rings (SSSR count). The van der Waals surface area contributed by atoms with E-state index in [0.717, 1.165) is 12.8 Å². The van der Waals surface area contributed by atoms with Crippen LogP contribution in [0.4, 0.5) is 0 Å². The van der Waals surface area contributed by atoms with Crippen LogP contribution in [0.1, 0.15) is 54.4 Å². The van der Waals surface area contributed by atoms with Crippen LogP contribution in [0.5, 0.6) is 0 Å². The fourth-order valence-electron chi connectivity index (χ4n) is 4.21. The van der Waals surface area contributed by atoms with Crippen molar-refractivity contribution in [1.29, 1.82) is 0 Å². The van der Waals surface area contributed by atoms with Gasteiger partial charge in [0.2, 0.25) is 10.0 Å². The molecule has 0 aromatic carbocycles. The van der Waals surface area contributed by atoms with E-state index >= 15 is 0 Å². The summed E-state index contributed by atoms with van der Waals surface area (Å²) in [6.07, 6.45) is 6.57. The molecule has 2 atom stereocenters. The molecule has 1 fully saturated rings. The van der Waals surface area contributed by atoms with Crippen LogP contribution >= 0.6 is 0 Å². The minimum Gasteiger partial charge on any atom is -0.244 e. The van der Waals surface area contributed by atoms with Gasteiger partial charge < -0.3 is 0 Å². The standard InChI is InChI=1S/C18H32N2O2S/c1-12(2)15-9-16(13(3)4)18(17(10-15)14(5)6)23(21,22)20-8-7-19-11-20/h7-8,11-18H,9-10H2,1-6H3. The van der Waals surface area contributed by atoms with Crippen molar-refractivity contribution in [3.63, 3.8) is 0 Å². The molecule has 0 aliphatic heterocycles. The summed E-state index contributed by atoms with van der Waals surface area (Å²) in [6.45, 7) is 13.2. The van der Waals surface area contributed by atoms with Gasteiger partial charge in [-0.3, -0.25) is 0 Å². The van der Waals surface area contributed by atoms with Crippen molar-refractivity contribution >= 4 is 10.0 Å². The Morgan fingerprint density at radius 3 is 1.83 bits per heavy atom. The molecule has 0 bridgehead atoms. The maximum Gasteiger partial charge on any atom is 0.243 e. The summed E-state index contributed by atoms with van der Waals surface area (Å²) in [5.41, 5.74) is 0. The largest absolute Gasteiger partial charge is 0.244 e. The van der Waals surface area contributed by atoms with Crippen molar-refractivity contribution in [2.45, 2.75) is 59.6 Å². The summed E-state index contributed by atoms with van der Waals surface area (Å²) >= 11 is 0. The maximum atomic E-state index is 13.3. The number of aromatic nitrogens is 2. The summed E-state index contributed by atoms with van der Waals surface area (Å²) in [5.74, 6) is 2.35. The Labute approximate surface area is 141 Å². The van der Waals surface area contributed by atoms with E-state index in [1.54, 1.807) is 12.4 Å². The first-order valence-electron chi connectivity index (χ1n) is 8.88. The van der Waals surface area contributed by atoms with E-state index < -0.39 is 10.0 Å². The molecule has 0 spiro atoms. The first-order chi connectivity index (χ1) is 10.7. The predicted octanol–water partition coefficient (Wildman–Crippen LogP) is 4.04. The van der Waals surface area contributed by atoms with Gasteiger partial charge in [0.15, 0.2) is 0 Å². The average molecular weight is 341 g/mol. The molecule has 1 heterocycles. The van der Waals surface area contributed by atoms with Gasteiger partial charge in [0.25, 0.3) is 0 Å². The number of hydrogen-bond donors (Lipinski definition) is 0. The van der Waals surface area contributed by atoms with Gasteiger partial charge in [-0.25, -0.2) is 17.4 Å². The van der Waals surface area contributed by atoms with Crippen LogP contribution in [0.25, 0.3) is 0 Å². The monoisotopic (exact) mass is 340 g/mol. The Balaban J connectivity index is 2.47. The second-order valence-corrected chi connectivity index (χ2v) is 10.2. The zero-order valence-electron chi connectivity index (χ0n) is 15.3. The second-order valence-electron chi connectivity index (χ2n) is 8.19. The first kappa shape index (κ1) is 18.5. The highest BCUT2D eigenvalue weighted by Crippen LogP contribution is 2.46. The van der Waals surface area contributed by atoms with Crippen LogP contribution in [0.15, 0.2) is 18.7 Å². The maximum absolute atomic E-state index is 13.3. The fourth-order valence-corrected chi connectivity index (χ4v) is 6.63. The van der Waals surface area contributed by atoms with Crippen molar-refractivity contribution in [2.75, 3.05) is 0 Å². The topological polar surface area (TPSA) is 52.0 Å². The molecule has 1 aliphatic carbocycles. The molecule has 0 amide bonds. The Morgan fingerprint density at radius 2 is 1.48 bits per heavy atom. The van der Waals surface area contributed by atoms with E-state index in [0.29, 0.717) is 23.7 Å². The van der Waals surface area contributed by atoms with Gasteiger partial charge in [-0.05, 0) is 48.3 Å². The molecule has 1 aromatic rings. The second kappa shape index (κ2) is 6.96. The predicted molar refractivity (Wildman–Crippen MR) is 94.6 cm³/mol. The van der Waals surface area contributed by atoms with Crippen LogP contribution in [-0.4, -0.2) is 22.6 Å². The smallest absolute Gasteiger partial charge is 0.243 e. The first-order valence-corrected chi connectivity index (χ1v) is 10.4. The molecule has 4 nitrogen and oxygen atoms in total. The molecular formula is C18H32N2O2S. The third-order valence-electron chi connectivity index (χ3n) is 5.77. The summed E-state index contributed by atoms with van der Waals surface area (Å²) < 4.78 is 27.9. The Bertz CT molecular complexity index is 573. The van der Waals surface area contributed by atoms with E-state index in [-0.39, 0.29) is 17.1 Å². The van der Waals surface area contributed by atoms with Gasteiger partial charge >= 0.3 is 0 Å². The van der Waals surface area contributed by atoms with Gasteiger partial charge in [0, 0.05) is 12.4 Å². The molecule has 132 valence electrons. The average Bonchev–Trinajstić information content (AvgIpc) is 3.00. The van der Waals surface area contributed by atoms with E-state index in [4.69, 9.17) is 0 Å². The molecule has 1 aliphatic rings.